The Hall–Kier alpha value is -0.280. The standard InChI is InChI=1S/C7H3FINS/c8-6-5(11)2-1-4(3-10)7(6)9/h1-2,11H. The van der Waals surface area contributed by atoms with Crippen molar-refractivity contribution in [2.24, 2.45) is 0 Å². The Bertz CT molecular complexity index is 332. The molecule has 1 aromatic rings. The smallest absolute Gasteiger partial charge is 0.151 e. The van der Waals surface area contributed by atoms with Crippen LogP contribution in [0.5, 0.6) is 0 Å². The van der Waals surface area contributed by atoms with Gasteiger partial charge < -0.3 is 0 Å². The first-order valence-electron chi connectivity index (χ1n) is 2.74. The normalized spacial score (nSPS) is 9.27. The van der Waals surface area contributed by atoms with Crippen molar-refractivity contribution in [3.8, 4) is 6.07 Å². The zero-order valence-corrected chi connectivity index (χ0v) is 8.36. The maximum Gasteiger partial charge on any atom is 0.151 e. The van der Waals surface area contributed by atoms with Gasteiger partial charge in [-0.05, 0) is 34.7 Å². The van der Waals surface area contributed by atoms with Crippen LogP contribution in [0.15, 0.2) is 17.0 Å². The Morgan fingerprint density at radius 3 is 2.73 bits per heavy atom. The van der Waals surface area contributed by atoms with E-state index < -0.39 is 5.82 Å². The van der Waals surface area contributed by atoms with Gasteiger partial charge in [-0.25, -0.2) is 4.39 Å². The molecule has 0 spiro atoms. The predicted octanol–water partition coefficient (Wildman–Crippen LogP) is 2.59. The van der Waals surface area contributed by atoms with Gasteiger partial charge in [0.25, 0.3) is 0 Å². The summed E-state index contributed by atoms with van der Waals surface area (Å²) in [6.45, 7) is 0. The molecule has 1 rings (SSSR count). The van der Waals surface area contributed by atoms with E-state index >= 15 is 0 Å². The molecule has 0 aliphatic rings. The molecule has 0 aliphatic carbocycles. The van der Waals surface area contributed by atoms with E-state index in [-0.39, 0.29) is 4.90 Å². The Morgan fingerprint density at radius 2 is 2.18 bits per heavy atom. The van der Waals surface area contributed by atoms with Crippen LogP contribution in [0.3, 0.4) is 0 Å². The fourth-order valence-corrected chi connectivity index (χ4v) is 1.62. The van der Waals surface area contributed by atoms with Crippen molar-refractivity contribution in [1.29, 1.82) is 5.26 Å². The molecule has 0 fully saturated rings. The molecule has 0 bridgehead atoms. The number of hydrogen-bond donors (Lipinski definition) is 1. The number of nitrogens with zero attached hydrogens (tertiary/aromatic N) is 1. The maximum absolute atomic E-state index is 12.9. The molecule has 0 radical (unpaired) electrons. The van der Waals surface area contributed by atoms with Crippen LogP contribution in [0.1, 0.15) is 5.56 Å². The quantitative estimate of drug-likeness (QED) is 0.572. The van der Waals surface area contributed by atoms with Crippen LogP contribution >= 0.6 is 35.2 Å². The molecular formula is C7H3FINS. The molecule has 0 aliphatic heterocycles. The minimum Gasteiger partial charge on any atom is -0.205 e. The summed E-state index contributed by atoms with van der Waals surface area (Å²) in [5, 5.41) is 8.49. The Kier molecular flexibility index (Phi) is 2.73. The van der Waals surface area contributed by atoms with Crippen LogP contribution in [0, 0.1) is 20.7 Å². The van der Waals surface area contributed by atoms with Gasteiger partial charge in [0.05, 0.1) is 9.13 Å². The van der Waals surface area contributed by atoms with Gasteiger partial charge in [-0.3, -0.25) is 0 Å². The summed E-state index contributed by atoms with van der Waals surface area (Å²) in [5.41, 5.74) is 0.348. The number of halogens is 2. The summed E-state index contributed by atoms with van der Waals surface area (Å²) >= 11 is 5.65. The number of rotatable bonds is 0. The average Bonchev–Trinajstić information content (AvgIpc) is 2.01. The van der Waals surface area contributed by atoms with Crippen molar-refractivity contribution in [1.82, 2.24) is 0 Å². The maximum atomic E-state index is 12.9. The zero-order chi connectivity index (χ0) is 8.43. The van der Waals surface area contributed by atoms with Gasteiger partial charge >= 0.3 is 0 Å². The van der Waals surface area contributed by atoms with Gasteiger partial charge in [0.2, 0.25) is 0 Å². The summed E-state index contributed by atoms with van der Waals surface area (Å²) in [6, 6.07) is 4.90. The molecule has 0 aromatic heterocycles. The lowest BCUT2D eigenvalue weighted by Crippen LogP contribution is -1.88. The summed E-state index contributed by atoms with van der Waals surface area (Å²) in [6.07, 6.45) is 0. The number of nitriles is 1. The van der Waals surface area contributed by atoms with Crippen molar-refractivity contribution < 1.29 is 4.39 Å². The van der Waals surface area contributed by atoms with E-state index in [0.717, 1.165) is 0 Å². The van der Waals surface area contributed by atoms with E-state index in [2.05, 4.69) is 12.6 Å². The van der Waals surface area contributed by atoms with Crippen LogP contribution in [0.25, 0.3) is 0 Å². The third-order valence-corrected chi connectivity index (χ3v) is 2.58. The average molecular weight is 279 g/mol. The van der Waals surface area contributed by atoms with E-state index in [0.29, 0.717) is 9.13 Å². The number of benzene rings is 1. The van der Waals surface area contributed by atoms with E-state index in [1.807, 2.05) is 6.07 Å². The topological polar surface area (TPSA) is 23.8 Å². The van der Waals surface area contributed by atoms with Gasteiger partial charge in [0, 0.05) is 4.90 Å². The third-order valence-electron chi connectivity index (χ3n) is 1.18. The minimum absolute atomic E-state index is 0.272. The lowest BCUT2D eigenvalue weighted by molar-refractivity contribution is 0.594. The molecule has 1 nitrogen and oxygen atoms in total. The van der Waals surface area contributed by atoms with Crippen molar-refractivity contribution >= 4 is 35.2 Å². The third kappa shape index (κ3) is 1.65. The Labute approximate surface area is 82.8 Å². The van der Waals surface area contributed by atoms with E-state index in [1.165, 1.54) is 6.07 Å². The zero-order valence-electron chi connectivity index (χ0n) is 5.31. The first-order valence-corrected chi connectivity index (χ1v) is 4.26. The van der Waals surface area contributed by atoms with Gasteiger partial charge in [0.1, 0.15) is 6.07 Å². The van der Waals surface area contributed by atoms with Crippen molar-refractivity contribution in [3.63, 3.8) is 0 Å². The van der Waals surface area contributed by atoms with Gasteiger partial charge in [0.15, 0.2) is 5.82 Å². The lowest BCUT2D eigenvalue weighted by atomic mass is 10.2. The molecular weight excluding hydrogens is 276 g/mol. The second kappa shape index (κ2) is 3.41. The number of hydrogen-bond acceptors (Lipinski definition) is 2. The second-order valence-electron chi connectivity index (χ2n) is 1.87. The van der Waals surface area contributed by atoms with Gasteiger partial charge in [-0.1, -0.05) is 0 Å². The molecule has 0 saturated carbocycles. The van der Waals surface area contributed by atoms with Crippen molar-refractivity contribution in [3.05, 3.63) is 27.1 Å². The van der Waals surface area contributed by atoms with E-state index in [1.54, 1.807) is 28.7 Å². The largest absolute Gasteiger partial charge is 0.205 e. The summed E-state index contributed by atoms with van der Waals surface area (Å²) in [5.74, 6) is -0.423. The predicted molar refractivity (Wildman–Crippen MR) is 51.1 cm³/mol. The molecule has 1 aromatic carbocycles. The van der Waals surface area contributed by atoms with Crippen molar-refractivity contribution in [2.45, 2.75) is 4.90 Å². The molecule has 11 heavy (non-hydrogen) atoms. The fraction of sp³-hybridized carbons (Fsp3) is 0. The first kappa shape index (κ1) is 8.81. The molecule has 0 unspecified atom stereocenters. The molecule has 4 heteroatoms. The highest BCUT2D eigenvalue weighted by Gasteiger charge is 2.07. The molecule has 0 N–H and O–H groups in total. The summed E-state index contributed by atoms with van der Waals surface area (Å²) < 4.78 is 13.3. The van der Waals surface area contributed by atoms with E-state index in [4.69, 9.17) is 5.26 Å². The van der Waals surface area contributed by atoms with Crippen LogP contribution in [-0.4, -0.2) is 0 Å². The van der Waals surface area contributed by atoms with Crippen LogP contribution < -0.4 is 0 Å². The van der Waals surface area contributed by atoms with Crippen molar-refractivity contribution in [2.75, 3.05) is 0 Å². The molecule has 0 saturated heterocycles. The van der Waals surface area contributed by atoms with Gasteiger partial charge in [-0.15, -0.1) is 12.6 Å². The monoisotopic (exact) mass is 279 g/mol. The van der Waals surface area contributed by atoms with Crippen LogP contribution in [0.2, 0.25) is 0 Å². The highest BCUT2D eigenvalue weighted by molar-refractivity contribution is 14.1. The summed E-state index contributed by atoms with van der Waals surface area (Å²) in [4.78, 5) is 0.272. The van der Waals surface area contributed by atoms with E-state index in [9.17, 15) is 4.39 Å². The number of thiol groups is 1. The Balaban J connectivity index is 3.40. The Morgan fingerprint density at radius 1 is 1.55 bits per heavy atom. The molecule has 0 heterocycles. The van der Waals surface area contributed by atoms with Crippen LogP contribution in [-0.2, 0) is 0 Å². The second-order valence-corrected chi connectivity index (χ2v) is 3.43. The van der Waals surface area contributed by atoms with Gasteiger partial charge in [-0.2, -0.15) is 5.26 Å². The molecule has 0 atom stereocenters. The fourth-order valence-electron chi connectivity index (χ4n) is 0.626. The minimum atomic E-state index is -0.423. The SMILES string of the molecule is N#Cc1ccc(S)c(F)c1I. The first-order chi connectivity index (χ1) is 5.16. The highest BCUT2D eigenvalue weighted by atomic mass is 127. The molecule has 56 valence electrons. The summed E-state index contributed by atoms with van der Waals surface area (Å²) in [7, 11) is 0. The molecule has 0 amide bonds. The lowest BCUT2D eigenvalue weighted by Gasteiger charge is -1.98. The highest BCUT2D eigenvalue weighted by Crippen LogP contribution is 2.21. The van der Waals surface area contributed by atoms with Crippen LogP contribution in [0.4, 0.5) is 4.39 Å².